The van der Waals surface area contributed by atoms with Gasteiger partial charge in [-0.05, 0) is 12.1 Å². The first-order valence-corrected chi connectivity index (χ1v) is 4.50. The lowest BCUT2D eigenvalue weighted by molar-refractivity contribution is -0.120. The molecule has 5 heteroatoms. The van der Waals surface area contributed by atoms with E-state index in [0.717, 1.165) is 17.0 Å². The van der Waals surface area contributed by atoms with E-state index in [4.69, 9.17) is 0 Å². The second-order valence-electron chi connectivity index (χ2n) is 3.44. The number of imide groups is 1. The molecule has 0 radical (unpaired) electrons. The van der Waals surface area contributed by atoms with Crippen LogP contribution in [0.25, 0.3) is 0 Å². The van der Waals surface area contributed by atoms with E-state index in [0.29, 0.717) is 6.07 Å². The van der Waals surface area contributed by atoms with E-state index >= 15 is 0 Å². The van der Waals surface area contributed by atoms with Crippen LogP contribution in [0.5, 0.6) is 0 Å². The molecule has 1 aliphatic rings. The van der Waals surface area contributed by atoms with Crippen LogP contribution in [0.2, 0.25) is 0 Å². The van der Waals surface area contributed by atoms with Gasteiger partial charge in [-0.15, -0.1) is 0 Å². The third kappa shape index (κ3) is 1.60. The van der Waals surface area contributed by atoms with Crippen molar-refractivity contribution in [2.75, 3.05) is 4.90 Å². The Kier molecular flexibility index (Phi) is 2.30. The molecule has 0 bridgehead atoms. The number of anilines is 1. The van der Waals surface area contributed by atoms with Crippen LogP contribution < -0.4 is 4.90 Å². The summed E-state index contributed by atoms with van der Waals surface area (Å²) in [7, 11) is 0. The largest absolute Gasteiger partial charge is 0.274 e. The maximum atomic E-state index is 12.9. The van der Waals surface area contributed by atoms with Crippen molar-refractivity contribution in [2.45, 2.75) is 6.42 Å². The van der Waals surface area contributed by atoms with Gasteiger partial charge in [0, 0.05) is 11.6 Å². The summed E-state index contributed by atoms with van der Waals surface area (Å²) in [6.07, 6.45) is -0.114. The standard InChI is InChI=1S/C11H7F2NO2/c1-6-2-10(15)14(11(6)16)9-4-7(12)3-8(13)5-9/h3-5H,1-2H2. The first-order valence-electron chi connectivity index (χ1n) is 4.50. The lowest BCUT2D eigenvalue weighted by Crippen LogP contribution is -2.29. The van der Waals surface area contributed by atoms with E-state index in [9.17, 15) is 18.4 Å². The third-order valence-corrected chi connectivity index (χ3v) is 2.23. The summed E-state index contributed by atoms with van der Waals surface area (Å²) in [6, 6.07) is 2.53. The molecule has 1 fully saturated rings. The highest BCUT2D eigenvalue weighted by molar-refractivity contribution is 6.27. The lowest BCUT2D eigenvalue weighted by Gasteiger charge is -2.13. The maximum absolute atomic E-state index is 12.9. The Labute approximate surface area is 90.0 Å². The van der Waals surface area contributed by atoms with Gasteiger partial charge in [-0.1, -0.05) is 6.58 Å². The Morgan fingerprint density at radius 1 is 1.12 bits per heavy atom. The van der Waals surface area contributed by atoms with Gasteiger partial charge in [0.2, 0.25) is 5.91 Å². The highest BCUT2D eigenvalue weighted by Gasteiger charge is 2.34. The zero-order valence-corrected chi connectivity index (χ0v) is 8.17. The predicted molar refractivity (Wildman–Crippen MR) is 52.6 cm³/mol. The number of carbonyl (C=O) groups excluding carboxylic acids is 2. The van der Waals surface area contributed by atoms with Crippen molar-refractivity contribution in [3.63, 3.8) is 0 Å². The van der Waals surface area contributed by atoms with Gasteiger partial charge < -0.3 is 0 Å². The number of hydrogen-bond donors (Lipinski definition) is 0. The molecule has 0 unspecified atom stereocenters. The van der Waals surface area contributed by atoms with Gasteiger partial charge in [-0.3, -0.25) is 9.59 Å². The Morgan fingerprint density at radius 3 is 2.12 bits per heavy atom. The van der Waals surface area contributed by atoms with Crippen molar-refractivity contribution < 1.29 is 18.4 Å². The van der Waals surface area contributed by atoms with Crippen LogP contribution in [-0.2, 0) is 9.59 Å². The summed E-state index contributed by atoms with van der Waals surface area (Å²) in [5.74, 6) is -2.82. The van der Waals surface area contributed by atoms with E-state index in [2.05, 4.69) is 6.58 Å². The van der Waals surface area contributed by atoms with Gasteiger partial charge in [0.15, 0.2) is 0 Å². The normalized spacial score (nSPS) is 16.1. The Bertz CT molecular complexity index is 490. The monoisotopic (exact) mass is 223 g/mol. The molecule has 1 aromatic rings. The van der Waals surface area contributed by atoms with E-state index < -0.39 is 23.4 Å². The van der Waals surface area contributed by atoms with Crippen molar-refractivity contribution in [3.05, 3.63) is 42.0 Å². The topological polar surface area (TPSA) is 37.4 Å². The molecule has 2 amide bonds. The molecular weight excluding hydrogens is 216 g/mol. The molecule has 3 nitrogen and oxygen atoms in total. The summed E-state index contributed by atoms with van der Waals surface area (Å²) in [4.78, 5) is 23.6. The highest BCUT2D eigenvalue weighted by atomic mass is 19.1. The minimum Gasteiger partial charge on any atom is -0.274 e. The number of carbonyl (C=O) groups is 2. The minimum atomic E-state index is -0.840. The Morgan fingerprint density at radius 2 is 1.69 bits per heavy atom. The molecule has 0 spiro atoms. The van der Waals surface area contributed by atoms with Crippen molar-refractivity contribution in [3.8, 4) is 0 Å². The SMILES string of the molecule is C=C1CC(=O)N(c2cc(F)cc(F)c2)C1=O. The maximum Gasteiger partial charge on any atom is 0.260 e. The molecule has 82 valence electrons. The van der Waals surface area contributed by atoms with Gasteiger partial charge in [-0.2, -0.15) is 0 Å². The fourth-order valence-corrected chi connectivity index (χ4v) is 1.54. The van der Waals surface area contributed by atoms with Crippen molar-refractivity contribution in [1.82, 2.24) is 0 Å². The van der Waals surface area contributed by atoms with Crippen molar-refractivity contribution >= 4 is 17.5 Å². The molecule has 1 aromatic carbocycles. The molecule has 0 aliphatic carbocycles. The fraction of sp³-hybridized carbons (Fsp3) is 0.0909. The van der Waals surface area contributed by atoms with Gasteiger partial charge in [0.05, 0.1) is 12.1 Å². The average Bonchev–Trinajstić information content (AvgIpc) is 2.39. The zero-order valence-electron chi connectivity index (χ0n) is 8.17. The van der Waals surface area contributed by atoms with Crippen LogP contribution in [0.4, 0.5) is 14.5 Å². The van der Waals surface area contributed by atoms with Crippen LogP contribution in [0, 0.1) is 11.6 Å². The second kappa shape index (κ2) is 3.52. The van der Waals surface area contributed by atoms with E-state index in [1.54, 1.807) is 0 Å². The molecule has 0 atom stereocenters. The van der Waals surface area contributed by atoms with Crippen LogP contribution in [0.15, 0.2) is 30.4 Å². The molecule has 0 N–H and O–H groups in total. The number of halogens is 2. The lowest BCUT2D eigenvalue weighted by atomic mass is 10.2. The number of amides is 2. The van der Waals surface area contributed by atoms with Gasteiger partial charge >= 0.3 is 0 Å². The molecule has 16 heavy (non-hydrogen) atoms. The van der Waals surface area contributed by atoms with Gasteiger partial charge in [-0.25, -0.2) is 13.7 Å². The molecule has 2 rings (SSSR count). The second-order valence-corrected chi connectivity index (χ2v) is 3.44. The fourth-order valence-electron chi connectivity index (χ4n) is 1.54. The molecule has 0 aromatic heterocycles. The average molecular weight is 223 g/mol. The van der Waals surface area contributed by atoms with E-state index in [1.165, 1.54) is 0 Å². The molecule has 1 saturated heterocycles. The van der Waals surface area contributed by atoms with Crippen molar-refractivity contribution in [2.24, 2.45) is 0 Å². The summed E-state index contributed by atoms with van der Waals surface area (Å²) >= 11 is 0. The van der Waals surface area contributed by atoms with Crippen LogP contribution >= 0.6 is 0 Å². The molecule has 1 heterocycles. The number of nitrogens with zero attached hydrogens (tertiary/aromatic N) is 1. The van der Waals surface area contributed by atoms with Crippen LogP contribution in [-0.4, -0.2) is 11.8 Å². The minimum absolute atomic E-state index is 0.105. The molecule has 1 aliphatic heterocycles. The predicted octanol–water partition coefficient (Wildman–Crippen LogP) is 1.78. The zero-order chi connectivity index (χ0) is 11.9. The molecular formula is C11H7F2NO2. The summed E-state index contributed by atoms with van der Waals surface area (Å²) in [5.41, 5.74) is 0.0146. The van der Waals surface area contributed by atoms with E-state index in [1.807, 2.05) is 0 Å². The number of benzene rings is 1. The Balaban J connectivity index is 2.48. The third-order valence-electron chi connectivity index (χ3n) is 2.23. The first kappa shape index (κ1) is 10.5. The smallest absolute Gasteiger partial charge is 0.260 e. The number of rotatable bonds is 1. The van der Waals surface area contributed by atoms with Gasteiger partial charge in [0.1, 0.15) is 11.6 Å². The highest BCUT2D eigenvalue weighted by Crippen LogP contribution is 2.26. The Hall–Kier alpha value is -2.04. The van der Waals surface area contributed by atoms with Crippen molar-refractivity contribution in [1.29, 1.82) is 0 Å². The van der Waals surface area contributed by atoms with Gasteiger partial charge in [0.25, 0.3) is 5.91 Å². The van der Waals surface area contributed by atoms with Crippen LogP contribution in [0.1, 0.15) is 6.42 Å². The molecule has 0 saturated carbocycles. The van der Waals surface area contributed by atoms with Crippen LogP contribution in [0.3, 0.4) is 0 Å². The van der Waals surface area contributed by atoms with E-state index in [-0.39, 0.29) is 17.7 Å². The quantitative estimate of drug-likeness (QED) is 0.537. The summed E-state index contributed by atoms with van der Waals surface area (Å²) < 4.78 is 25.8. The first-order chi connectivity index (χ1) is 7.49. The summed E-state index contributed by atoms with van der Waals surface area (Å²) in [6.45, 7) is 3.41. The number of hydrogen-bond acceptors (Lipinski definition) is 2. The summed E-state index contributed by atoms with van der Waals surface area (Å²) in [5, 5.41) is 0.